The molecule has 1 heterocycles. The van der Waals surface area contributed by atoms with Gasteiger partial charge in [0.05, 0.1) is 24.2 Å². The van der Waals surface area contributed by atoms with Gasteiger partial charge in [-0.2, -0.15) is 13.2 Å². The van der Waals surface area contributed by atoms with Crippen LogP contribution in [0.2, 0.25) is 0 Å². The number of hydrogen-bond acceptors (Lipinski definition) is 3. The standard InChI is InChI=1S/C19H24F3NO3/c1-2-26-16-12-15(24)18(16)6-8-23(9-7-18)17(25)11-13-4-3-5-14(10-13)19(20,21)22/h3-5,10,15-16,24H,2,6-9,11-12H2,1H3. The molecule has 1 aliphatic heterocycles. The first-order chi connectivity index (χ1) is 12.3. The van der Waals surface area contributed by atoms with Crippen molar-refractivity contribution in [1.29, 1.82) is 0 Å². The van der Waals surface area contributed by atoms with Gasteiger partial charge in [-0.05, 0) is 31.4 Å². The Balaban J connectivity index is 1.59. The highest BCUT2D eigenvalue weighted by molar-refractivity contribution is 5.79. The maximum atomic E-state index is 12.8. The second-order valence-electron chi connectivity index (χ2n) is 7.18. The normalized spacial score (nSPS) is 25.2. The molecule has 2 fully saturated rings. The van der Waals surface area contributed by atoms with Crippen molar-refractivity contribution in [2.45, 2.75) is 51.0 Å². The number of carbonyl (C=O) groups is 1. The number of piperidine rings is 1. The molecule has 1 aromatic carbocycles. The molecule has 0 bridgehead atoms. The number of alkyl halides is 3. The molecular weight excluding hydrogens is 347 g/mol. The summed E-state index contributed by atoms with van der Waals surface area (Å²) in [4.78, 5) is 14.2. The third-order valence-electron chi connectivity index (χ3n) is 5.77. The molecule has 3 rings (SSSR count). The van der Waals surface area contributed by atoms with Crippen LogP contribution in [0.3, 0.4) is 0 Å². The van der Waals surface area contributed by atoms with Crippen molar-refractivity contribution < 1.29 is 27.8 Å². The minimum atomic E-state index is -4.41. The summed E-state index contributed by atoms with van der Waals surface area (Å²) in [5.41, 5.74) is -0.651. The number of hydrogen-bond donors (Lipinski definition) is 1. The summed E-state index contributed by atoms with van der Waals surface area (Å²) in [7, 11) is 0. The molecule has 1 amide bonds. The number of aliphatic hydroxyl groups excluding tert-OH is 1. The minimum Gasteiger partial charge on any atom is -0.392 e. The first-order valence-electron chi connectivity index (χ1n) is 9.00. The van der Waals surface area contributed by atoms with E-state index in [4.69, 9.17) is 4.74 Å². The van der Waals surface area contributed by atoms with Gasteiger partial charge in [-0.15, -0.1) is 0 Å². The highest BCUT2D eigenvalue weighted by atomic mass is 19.4. The van der Waals surface area contributed by atoms with Gasteiger partial charge >= 0.3 is 6.18 Å². The Morgan fingerprint density at radius 3 is 2.62 bits per heavy atom. The van der Waals surface area contributed by atoms with Gasteiger partial charge in [0.1, 0.15) is 0 Å². The Morgan fingerprint density at radius 1 is 1.35 bits per heavy atom. The zero-order chi connectivity index (χ0) is 18.9. The molecule has 0 radical (unpaired) electrons. The van der Waals surface area contributed by atoms with Gasteiger partial charge in [0.25, 0.3) is 0 Å². The van der Waals surface area contributed by atoms with E-state index in [0.29, 0.717) is 44.5 Å². The summed E-state index contributed by atoms with van der Waals surface area (Å²) in [6.07, 6.45) is -2.88. The Kier molecular flexibility index (Phi) is 5.30. The summed E-state index contributed by atoms with van der Waals surface area (Å²) in [6.45, 7) is 3.51. The number of rotatable bonds is 4. The number of amides is 1. The molecule has 1 saturated carbocycles. The van der Waals surface area contributed by atoms with Crippen molar-refractivity contribution in [2.75, 3.05) is 19.7 Å². The molecule has 1 aliphatic carbocycles. The minimum absolute atomic E-state index is 0.0308. The van der Waals surface area contributed by atoms with E-state index >= 15 is 0 Å². The first-order valence-corrected chi connectivity index (χ1v) is 9.00. The lowest BCUT2D eigenvalue weighted by atomic mass is 9.58. The molecule has 1 N–H and O–H groups in total. The predicted molar refractivity (Wildman–Crippen MR) is 89.4 cm³/mol. The first kappa shape index (κ1) is 19.2. The molecular formula is C19H24F3NO3. The van der Waals surface area contributed by atoms with Gasteiger partial charge in [0.2, 0.25) is 5.91 Å². The van der Waals surface area contributed by atoms with Crippen molar-refractivity contribution in [2.24, 2.45) is 5.41 Å². The fourth-order valence-electron chi connectivity index (χ4n) is 4.13. The molecule has 2 unspecified atom stereocenters. The van der Waals surface area contributed by atoms with Crippen LogP contribution in [-0.4, -0.2) is 47.8 Å². The topological polar surface area (TPSA) is 49.8 Å². The summed E-state index contributed by atoms with van der Waals surface area (Å²) >= 11 is 0. The van der Waals surface area contributed by atoms with Crippen LogP contribution in [0.4, 0.5) is 13.2 Å². The van der Waals surface area contributed by atoms with Crippen molar-refractivity contribution in [3.05, 3.63) is 35.4 Å². The number of likely N-dealkylation sites (tertiary alicyclic amines) is 1. The lowest BCUT2D eigenvalue weighted by molar-refractivity contribution is -0.210. The number of ether oxygens (including phenoxy) is 1. The highest BCUT2D eigenvalue weighted by Gasteiger charge is 2.56. The van der Waals surface area contributed by atoms with E-state index in [0.717, 1.165) is 12.1 Å². The number of carbonyl (C=O) groups excluding carboxylic acids is 1. The molecule has 1 spiro atoms. The number of benzene rings is 1. The predicted octanol–water partition coefficient (Wildman–Crippen LogP) is 3.03. The Labute approximate surface area is 150 Å². The van der Waals surface area contributed by atoms with Crippen LogP contribution >= 0.6 is 0 Å². The van der Waals surface area contributed by atoms with Gasteiger partial charge in [0, 0.05) is 31.5 Å². The Morgan fingerprint density at radius 2 is 2.04 bits per heavy atom. The molecule has 2 atom stereocenters. The molecule has 2 aliphatic rings. The van der Waals surface area contributed by atoms with Crippen LogP contribution in [0.15, 0.2) is 24.3 Å². The summed E-state index contributed by atoms with van der Waals surface area (Å²) < 4.78 is 44.1. The van der Waals surface area contributed by atoms with Crippen molar-refractivity contribution in [3.63, 3.8) is 0 Å². The third kappa shape index (κ3) is 3.60. The monoisotopic (exact) mass is 371 g/mol. The van der Waals surface area contributed by atoms with E-state index < -0.39 is 17.8 Å². The second-order valence-corrected chi connectivity index (χ2v) is 7.18. The van der Waals surface area contributed by atoms with Gasteiger partial charge in [-0.1, -0.05) is 18.2 Å². The number of nitrogens with zero attached hydrogens (tertiary/aromatic N) is 1. The van der Waals surface area contributed by atoms with Gasteiger partial charge in [-0.25, -0.2) is 0 Å². The van der Waals surface area contributed by atoms with E-state index in [9.17, 15) is 23.1 Å². The lowest BCUT2D eigenvalue weighted by Crippen LogP contribution is -2.62. The van der Waals surface area contributed by atoms with Crippen LogP contribution in [0.5, 0.6) is 0 Å². The molecule has 1 aromatic rings. The Hall–Kier alpha value is -1.60. The maximum absolute atomic E-state index is 12.8. The van der Waals surface area contributed by atoms with Crippen molar-refractivity contribution in [1.82, 2.24) is 4.90 Å². The van der Waals surface area contributed by atoms with Crippen LogP contribution in [-0.2, 0) is 22.1 Å². The second kappa shape index (κ2) is 7.19. The van der Waals surface area contributed by atoms with E-state index in [1.165, 1.54) is 6.07 Å². The van der Waals surface area contributed by atoms with Crippen molar-refractivity contribution >= 4 is 5.91 Å². The van der Waals surface area contributed by atoms with E-state index in [1.807, 2.05) is 6.92 Å². The van der Waals surface area contributed by atoms with Crippen LogP contribution in [0.25, 0.3) is 0 Å². The molecule has 4 nitrogen and oxygen atoms in total. The van der Waals surface area contributed by atoms with E-state index in [1.54, 1.807) is 11.0 Å². The Bertz CT molecular complexity index is 652. The van der Waals surface area contributed by atoms with Crippen LogP contribution in [0, 0.1) is 5.41 Å². The smallest absolute Gasteiger partial charge is 0.392 e. The highest BCUT2D eigenvalue weighted by Crippen LogP contribution is 2.51. The third-order valence-corrected chi connectivity index (χ3v) is 5.77. The number of aliphatic hydroxyl groups is 1. The SMILES string of the molecule is CCOC1CC(O)C12CCN(C(=O)Cc1cccc(C(F)(F)F)c1)CC2. The average Bonchev–Trinajstić information content (AvgIpc) is 2.61. The van der Waals surface area contributed by atoms with Gasteiger partial charge in [-0.3, -0.25) is 4.79 Å². The summed E-state index contributed by atoms with van der Waals surface area (Å²) in [6, 6.07) is 4.90. The molecule has 144 valence electrons. The molecule has 1 saturated heterocycles. The molecule has 26 heavy (non-hydrogen) atoms. The largest absolute Gasteiger partial charge is 0.416 e. The lowest BCUT2D eigenvalue weighted by Gasteiger charge is -2.56. The van der Waals surface area contributed by atoms with Gasteiger partial charge < -0.3 is 14.7 Å². The fourth-order valence-corrected chi connectivity index (χ4v) is 4.13. The summed E-state index contributed by atoms with van der Waals surface area (Å²) in [5.74, 6) is -0.180. The summed E-state index contributed by atoms with van der Waals surface area (Å²) in [5, 5.41) is 10.2. The van der Waals surface area contributed by atoms with Crippen LogP contribution < -0.4 is 0 Å². The zero-order valence-corrected chi connectivity index (χ0v) is 14.8. The number of halogens is 3. The maximum Gasteiger partial charge on any atom is 0.416 e. The van der Waals surface area contributed by atoms with E-state index in [2.05, 4.69) is 0 Å². The van der Waals surface area contributed by atoms with Crippen LogP contribution in [0.1, 0.15) is 37.3 Å². The van der Waals surface area contributed by atoms with E-state index in [-0.39, 0.29) is 23.8 Å². The molecule has 0 aromatic heterocycles. The van der Waals surface area contributed by atoms with Crippen molar-refractivity contribution in [3.8, 4) is 0 Å². The fraction of sp³-hybridized carbons (Fsp3) is 0.632. The quantitative estimate of drug-likeness (QED) is 0.885. The average molecular weight is 371 g/mol. The molecule has 7 heteroatoms. The van der Waals surface area contributed by atoms with Gasteiger partial charge in [0.15, 0.2) is 0 Å². The zero-order valence-electron chi connectivity index (χ0n) is 14.8.